The van der Waals surface area contributed by atoms with Gasteiger partial charge < -0.3 is 43.4 Å². The molecule has 0 aliphatic heterocycles. The van der Waals surface area contributed by atoms with Gasteiger partial charge in [0.05, 0.1) is 12.5 Å². The van der Waals surface area contributed by atoms with Crippen molar-refractivity contribution >= 4 is 35.6 Å². The van der Waals surface area contributed by atoms with Gasteiger partial charge in [-0.05, 0) is 31.4 Å². The Morgan fingerprint density at radius 1 is 0.789 bits per heavy atom. The van der Waals surface area contributed by atoms with Gasteiger partial charge in [-0.2, -0.15) is 0 Å². The van der Waals surface area contributed by atoms with Crippen LogP contribution < -0.4 is 33.2 Å². The lowest BCUT2D eigenvalue weighted by Gasteiger charge is -2.25. The van der Waals surface area contributed by atoms with Crippen LogP contribution in [0.15, 0.2) is 30.3 Å². The monoisotopic (exact) mass is 536 g/mol. The quantitative estimate of drug-likeness (QED) is 0.0953. The predicted molar refractivity (Wildman–Crippen MR) is 135 cm³/mol. The van der Waals surface area contributed by atoms with Crippen molar-refractivity contribution in [1.29, 1.82) is 0 Å². The number of rotatable bonds is 18. The Hall–Kier alpha value is -4.04. The van der Waals surface area contributed by atoms with Crippen LogP contribution in [0, 0.1) is 0 Å². The molecule has 1 aromatic rings. The number of carboxylic acid groups (broad SMARTS) is 2. The van der Waals surface area contributed by atoms with E-state index in [0.29, 0.717) is 31.4 Å². The first-order chi connectivity index (χ1) is 17.9. The number of carbonyl (C=O) groups is 6. The number of carboxylic acids is 2. The first-order valence-corrected chi connectivity index (χ1v) is 12.1. The maximum atomic E-state index is 13.1. The van der Waals surface area contributed by atoms with Crippen molar-refractivity contribution in [2.45, 2.75) is 69.1 Å². The van der Waals surface area contributed by atoms with E-state index in [2.05, 4.69) is 16.0 Å². The normalized spacial score (nSPS) is 13.8. The lowest BCUT2D eigenvalue weighted by atomic mass is 10.0. The smallest absolute Gasteiger partial charge is 0.326 e. The molecule has 1 rings (SSSR count). The number of unbranched alkanes of at least 4 members (excludes halogenated alkanes) is 1. The summed E-state index contributed by atoms with van der Waals surface area (Å²) in [6.45, 7) is 0.422. The molecule has 38 heavy (non-hydrogen) atoms. The highest BCUT2D eigenvalue weighted by molar-refractivity contribution is 5.95. The van der Waals surface area contributed by atoms with Crippen molar-refractivity contribution in [2.75, 3.05) is 6.54 Å². The molecule has 0 saturated heterocycles. The zero-order chi connectivity index (χ0) is 28.7. The fraction of sp³-hybridized carbons (Fsp3) is 0.500. The first-order valence-electron chi connectivity index (χ1n) is 12.1. The second-order valence-electron chi connectivity index (χ2n) is 8.71. The second-order valence-corrected chi connectivity index (χ2v) is 8.71. The molecule has 0 heterocycles. The molecule has 0 saturated carbocycles. The molecule has 0 bridgehead atoms. The topological polar surface area (TPSA) is 257 Å². The summed E-state index contributed by atoms with van der Waals surface area (Å²) < 4.78 is 0. The van der Waals surface area contributed by atoms with E-state index in [1.807, 2.05) is 0 Å². The van der Waals surface area contributed by atoms with E-state index in [4.69, 9.17) is 22.3 Å². The molecule has 11 N–H and O–H groups in total. The molecule has 0 aliphatic carbocycles. The van der Waals surface area contributed by atoms with Gasteiger partial charge in [0.15, 0.2) is 0 Å². The van der Waals surface area contributed by atoms with Crippen molar-refractivity contribution < 1.29 is 39.0 Å². The van der Waals surface area contributed by atoms with Gasteiger partial charge >= 0.3 is 11.9 Å². The zero-order valence-electron chi connectivity index (χ0n) is 20.9. The Labute approximate surface area is 219 Å². The number of carbonyl (C=O) groups excluding carboxylic acids is 4. The molecule has 4 unspecified atom stereocenters. The Bertz CT molecular complexity index is 974. The third-order valence-electron chi connectivity index (χ3n) is 5.52. The fourth-order valence-corrected chi connectivity index (χ4v) is 3.46. The lowest BCUT2D eigenvalue weighted by molar-refractivity contribution is -0.143. The number of benzene rings is 1. The van der Waals surface area contributed by atoms with Crippen LogP contribution in [0.25, 0.3) is 0 Å². The standard InChI is InChI=1S/C24H36N6O8/c25-11-5-4-8-15(26)21(34)28-16(9-10-20(32)33)22(35)29-17(12-14-6-2-1-3-7-14)23(36)30-18(24(37)38)13-19(27)31/h1-3,6-7,15-18H,4-5,8-13,25-26H2,(H2,27,31)(H,28,34)(H,29,35)(H,30,36)(H,32,33)(H,37,38). The van der Waals surface area contributed by atoms with Crippen molar-refractivity contribution in [1.82, 2.24) is 16.0 Å². The van der Waals surface area contributed by atoms with Gasteiger partial charge in [0.25, 0.3) is 0 Å². The summed E-state index contributed by atoms with van der Waals surface area (Å²) in [5, 5.41) is 25.5. The van der Waals surface area contributed by atoms with E-state index >= 15 is 0 Å². The number of hydrogen-bond donors (Lipinski definition) is 8. The highest BCUT2D eigenvalue weighted by atomic mass is 16.4. The number of nitrogens with one attached hydrogen (secondary N) is 3. The minimum absolute atomic E-state index is 0.0699. The maximum Gasteiger partial charge on any atom is 0.326 e. The van der Waals surface area contributed by atoms with Crippen LogP contribution in [0.5, 0.6) is 0 Å². The summed E-state index contributed by atoms with van der Waals surface area (Å²) in [6, 6.07) is 3.21. The molecule has 4 atom stereocenters. The number of nitrogens with two attached hydrogens (primary N) is 3. The van der Waals surface area contributed by atoms with E-state index in [-0.39, 0.29) is 12.8 Å². The van der Waals surface area contributed by atoms with Crippen LogP contribution in [-0.4, -0.2) is 76.5 Å². The maximum absolute atomic E-state index is 13.1. The highest BCUT2D eigenvalue weighted by Crippen LogP contribution is 2.07. The molecule has 0 spiro atoms. The number of aliphatic carboxylic acids is 2. The Balaban J connectivity index is 3.11. The SMILES string of the molecule is NCCCCC(N)C(=O)NC(CCC(=O)O)C(=O)NC(Cc1ccccc1)C(=O)NC(CC(N)=O)C(=O)O. The molecule has 0 aromatic heterocycles. The molecule has 210 valence electrons. The third kappa shape index (κ3) is 12.3. The van der Waals surface area contributed by atoms with Gasteiger partial charge in [-0.1, -0.05) is 36.8 Å². The van der Waals surface area contributed by atoms with E-state index in [1.54, 1.807) is 30.3 Å². The molecular weight excluding hydrogens is 500 g/mol. The summed E-state index contributed by atoms with van der Waals surface area (Å²) in [7, 11) is 0. The van der Waals surface area contributed by atoms with Gasteiger partial charge in [0, 0.05) is 12.8 Å². The van der Waals surface area contributed by atoms with Gasteiger partial charge in [-0.15, -0.1) is 0 Å². The average Bonchev–Trinajstić information content (AvgIpc) is 2.85. The van der Waals surface area contributed by atoms with Gasteiger partial charge in [-0.3, -0.25) is 24.0 Å². The van der Waals surface area contributed by atoms with Crippen molar-refractivity contribution in [3.05, 3.63) is 35.9 Å². The van der Waals surface area contributed by atoms with Crippen LogP contribution in [0.2, 0.25) is 0 Å². The lowest BCUT2D eigenvalue weighted by Crippen LogP contribution is -2.58. The molecule has 14 nitrogen and oxygen atoms in total. The van der Waals surface area contributed by atoms with E-state index in [9.17, 15) is 33.9 Å². The Morgan fingerprint density at radius 3 is 1.92 bits per heavy atom. The Morgan fingerprint density at radius 2 is 1.37 bits per heavy atom. The third-order valence-corrected chi connectivity index (χ3v) is 5.52. The number of amides is 4. The van der Waals surface area contributed by atoms with Gasteiger partial charge in [0.2, 0.25) is 23.6 Å². The van der Waals surface area contributed by atoms with Crippen LogP contribution in [0.3, 0.4) is 0 Å². The predicted octanol–water partition coefficient (Wildman–Crippen LogP) is -2.04. The molecule has 4 amide bonds. The van der Waals surface area contributed by atoms with Crippen LogP contribution in [-0.2, 0) is 35.2 Å². The van der Waals surface area contributed by atoms with Crippen LogP contribution >= 0.6 is 0 Å². The number of hydrogen-bond acceptors (Lipinski definition) is 8. The average molecular weight is 537 g/mol. The molecular formula is C24H36N6O8. The van der Waals surface area contributed by atoms with Crippen LogP contribution in [0.1, 0.15) is 44.1 Å². The first kappa shape index (κ1) is 32.0. The van der Waals surface area contributed by atoms with E-state index in [0.717, 1.165) is 0 Å². The van der Waals surface area contributed by atoms with Gasteiger partial charge in [-0.25, -0.2) is 4.79 Å². The minimum Gasteiger partial charge on any atom is -0.481 e. The molecule has 0 fully saturated rings. The minimum atomic E-state index is -1.63. The van der Waals surface area contributed by atoms with Crippen molar-refractivity contribution in [2.24, 2.45) is 17.2 Å². The zero-order valence-corrected chi connectivity index (χ0v) is 20.9. The molecule has 1 aromatic carbocycles. The van der Waals surface area contributed by atoms with Crippen LogP contribution in [0.4, 0.5) is 0 Å². The Kier molecular flexibility index (Phi) is 14.0. The van der Waals surface area contributed by atoms with E-state index in [1.165, 1.54) is 0 Å². The largest absolute Gasteiger partial charge is 0.481 e. The van der Waals surface area contributed by atoms with E-state index < -0.39 is 72.6 Å². The summed E-state index contributed by atoms with van der Waals surface area (Å²) in [5.41, 5.74) is 17.0. The van der Waals surface area contributed by atoms with Gasteiger partial charge in [0.1, 0.15) is 18.1 Å². The fourth-order valence-electron chi connectivity index (χ4n) is 3.46. The molecule has 14 heteroatoms. The summed E-state index contributed by atoms with van der Waals surface area (Å²) >= 11 is 0. The second kappa shape index (κ2) is 16.7. The van der Waals surface area contributed by atoms with Crippen molar-refractivity contribution in [3.63, 3.8) is 0 Å². The number of primary amides is 1. The highest BCUT2D eigenvalue weighted by Gasteiger charge is 2.31. The summed E-state index contributed by atoms with van der Waals surface area (Å²) in [6.07, 6.45) is 0.0228. The summed E-state index contributed by atoms with van der Waals surface area (Å²) in [5.74, 6) is -6.13. The molecule has 0 aliphatic rings. The van der Waals surface area contributed by atoms with Crippen molar-refractivity contribution in [3.8, 4) is 0 Å². The molecule has 0 radical (unpaired) electrons. The summed E-state index contributed by atoms with van der Waals surface area (Å²) in [4.78, 5) is 72.5.